The lowest BCUT2D eigenvalue weighted by molar-refractivity contribution is 0.633. The van der Waals surface area contributed by atoms with Crippen LogP contribution in [0.2, 0.25) is 0 Å². The molecule has 0 aliphatic carbocycles. The molecule has 88 valence electrons. The molecule has 0 bridgehead atoms. The Balaban J connectivity index is 2.16. The number of aryl methyl sites for hydroxylation is 1. The molecule has 18 heavy (non-hydrogen) atoms. The molecule has 0 saturated carbocycles. The van der Waals surface area contributed by atoms with E-state index in [1.807, 2.05) is 25.1 Å². The lowest BCUT2D eigenvalue weighted by Crippen LogP contribution is -1.81. The fourth-order valence-electron chi connectivity index (χ4n) is 1.90. The number of nitrogen functional groups attached to an aromatic ring is 1. The number of anilines is 1. The predicted octanol–water partition coefficient (Wildman–Crippen LogP) is 3.92. The van der Waals surface area contributed by atoms with Crippen molar-refractivity contribution in [3.05, 3.63) is 40.8 Å². The number of benzene rings is 1. The van der Waals surface area contributed by atoms with Gasteiger partial charge in [-0.1, -0.05) is 11.6 Å². The summed E-state index contributed by atoms with van der Waals surface area (Å²) in [6.45, 7) is 2.04. The molecule has 2 N–H and O–H groups in total. The molecule has 1 aromatic carbocycles. The average molecular weight is 254 g/mol. The van der Waals surface area contributed by atoms with E-state index in [1.54, 1.807) is 6.07 Å². The van der Waals surface area contributed by atoms with E-state index in [9.17, 15) is 0 Å². The van der Waals surface area contributed by atoms with Gasteiger partial charge in [-0.05, 0) is 31.2 Å². The van der Waals surface area contributed by atoms with E-state index >= 15 is 0 Å². The van der Waals surface area contributed by atoms with E-state index in [0.717, 1.165) is 21.6 Å². The molecule has 4 heteroatoms. The van der Waals surface area contributed by atoms with Crippen molar-refractivity contribution in [1.29, 1.82) is 5.26 Å². The van der Waals surface area contributed by atoms with Crippen LogP contribution < -0.4 is 5.73 Å². The van der Waals surface area contributed by atoms with Crippen LogP contribution in [0.5, 0.6) is 0 Å². The van der Waals surface area contributed by atoms with Gasteiger partial charge in [0.2, 0.25) is 0 Å². The molecule has 3 rings (SSSR count). The van der Waals surface area contributed by atoms with Gasteiger partial charge in [0.1, 0.15) is 22.3 Å². The van der Waals surface area contributed by atoms with Crippen molar-refractivity contribution in [2.75, 3.05) is 5.73 Å². The van der Waals surface area contributed by atoms with Crippen LogP contribution in [-0.2, 0) is 0 Å². The Morgan fingerprint density at radius 3 is 2.83 bits per heavy atom. The highest BCUT2D eigenvalue weighted by Gasteiger charge is 2.12. The zero-order valence-corrected chi connectivity index (χ0v) is 10.5. The molecule has 0 spiro atoms. The fourth-order valence-corrected chi connectivity index (χ4v) is 2.73. The summed E-state index contributed by atoms with van der Waals surface area (Å²) in [5.74, 6) is 0.758. The summed E-state index contributed by atoms with van der Waals surface area (Å²) < 4.78 is 5.77. The Labute approximate surface area is 108 Å². The number of thiophene rings is 1. The molecule has 0 aliphatic heterocycles. The Kier molecular flexibility index (Phi) is 2.35. The maximum Gasteiger partial charge on any atom is 0.145 e. The quantitative estimate of drug-likeness (QED) is 0.715. The van der Waals surface area contributed by atoms with Crippen molar-refractivity contribution in [2.45, 2.75) is 6.92 Å². The first-order valence-corrected chi connectivity index (χ1v) is 6.29. The van der Waals surface area contributed by atoms with Crippen molar-refractivity contribution in [1.82, 2.24) is 0 Å². The second-order valence-electron chi connectivity index (χ2n) is 4.16. The minimum atomic E-state index is 0.508. The van der Waals surface area contributed by atoms with Gasteiger partial charge in [0.05, 0.1) is 10.6 Å². The molecule has 0 saturated heterocycles. The molecule has 3 aromatic rings. The van der Waals surface area contributed by atoms with Crippen LogP contribution in [-0.4, -0.2) is 0 Å². The smallest absolute Gasteiger partial charge is 0.145 e. The third-order valence-corrected chi connectivity index (χ3v) is 3.85. The number of hydrogen-bond donors (Lipinski definition) is 1. The number of nitrogens with zero attached hydrogens (tertiary/aromatic N) is 1. The SMILES string of the molecule is Cc1ccc2oc(-c3cc(N)c(C#N)s3)cc2c1. The maximum atomic E-state index is 8.90. The maximum absolute atomic E-state index is 8.90. The lowest BCUT2D eigenvalue weighted by atomic mass is 10.2. The van der Waals surface area contributed by atoms with Gasteiger partial charge in [-0.2, -0.15) is 5.26 Å². The molecule has 3 nitrogen and oxygen atoms in total. The van der Waals surface area contributed by atoms with Crippen LogP contribution in [0.4, 0.5) is 5.69 Å². The standard InChI is InChI=1S/C14H10N2OS/c1-8-2-3-11-9(4-8)5-12(17-11)13-6-10(16)14(7-15)18-13/h2-6H,16H2,1H3. The molecule has 0 amide bonds. The highest BCUT2D eigenvalue weighted by atomic mass is 32.1. The molecule has 0 unspecified atom stereocenters. The Bertz CT molecular complexity index is 777. The number of fused-ring (bicyclic) bond motifs is 1. The first-order chi connectivity index (χ1) is 8.67. The van der Waals surface area contributed by atoms with Crippen molar-refractivity contribution < 1.29 is 4.42 Å². The van der Waals surface area contributed by atoms with Gasteiger partial charge in [-0.15, -0.1) is 11.3 Å². The zero-order chi connectivity index (χ0) is 12.7. The van der Waals surface area contributed by atoms with Crippen LogP contribution in [0.1, 0.15) is 10.4 Å². The van der Waals surface area contributed by atoms with E-state index in [-0.39, 0.29) is 0 Å². The summed E-state index contributed by atoms with van der Waals surface area (Å²) in [6.07, 6.45) is 0. The van der Waals surface area contributed by atoms with E-state index in [4.69, 9.17) is 15.4 Å². The summed E-state index contributed by atoms with van der Waals surface area (Å²) in [7, 11) is 0. The highest BCUT2D eigenvalue weighted by molar-refractivity contribution is 7.16. The van der Waals surface area contributed by atoms with E-state index in [1.165, 1.54) is 16.9 Å². The normalized spacial score (nSPS) is 10.7. The van der Waals surface area contributed by atoms with Crippen LogP contribution in [0, 0.1) is 18.3 Å². The Morgan fingerprint density at radius 2 is 2.11 bits per heavy atom. The van der Waals surface area contributed by atoms with Crippen molar-refractivity contribution in [2.24, 2.45) is 0 Å². The predicted molar refractivity (Wildman–Crippen MR) is 73.4 cm³/mol. The molecule has 2 heterocycles. The monoisotopic (exact) mass is 254 g/mol. The number of rotatable bonds is 1. The van der Waals surface area contributed by atoms with Crippen LogP contribution in [0.3, 0.4) is 0 Å². The number of furan rings is 1. The number of nitrogens with two attached hydrogens (primary N) is 1. The third-order valence-electron chi connectivity index (χ3n) is 2.78. The molecule has 0 aliphatic rings. The van der Waals surface area contributed by atoms with Crippen LogP contribution >= 0.6 is 11.3 Å². The minimum absolute atomic E-state index is 0.508. The first-order valence-electron chi connectivity index (χ1n) is 5.47. The van der Waals surface area contributed by atoms with Gasteiger partial charge < -0.3 is 10.2 Å². The largest absolute Gasteiger partial charge is 0.455 e. The molecule has 2 aromatic heterocycles. The molecular weight excluding hydrogens is 244 g/mol. The van der Waals surface area contributed by atoms with E-state index in [2.05, 4.69) is 12.1 Å². The van der Waals surface area contributed by atoms with Gasteiger partial charge in [0.25, 0.3) is 0 Å². The van der Waals surface area contributed by atoms with Gasteiger partial charge in [0.15, 0.2) is 0 Å². The molecule has 0 radical (unpaired) electrons. The van der Waals surface area contributed by atoms with Crippen LogP contribution in [0.25, 0.3) is 21.6 Å². The summed E-state index contributed by atoms with van der Waals surface area (Å²) in [4.78, 5) is 1.42. The fraction of sp³-hybridized carbons (Fsp3) is 0.0714. The number of nitriles is 1. The van der Waals surface area contributed by atoms with Gasteiger partial charge in [-0.25, -0.2) is 0 Å². The highest BCUT2D eigenvalue weighted by Crippen LogP contribution is 2.35. The Hall–Kier alpha value is -2.25. The summed E-state index contributed by atoms with van der Waals surface area (Å²) in [6, 6.07) is 11.9. The summed E-state index contributed by atoms with van der Waals surface area (Å²) in [5, 5.41) is 9.97. The van der Waals surface area contributed by atoms with Gasteiger partial charge in [0, 0.05) is 5.39 Å². The minimum Gasteiger partial charge on any atom is -0.455 e. The summed E-state index contributed by atoms with van der Waals surface area (Å²) >= 11 is 1.35. The number of hydrogen-bond acceptors (Lipinski definition) is 4. The third kappa shape index (κ3) is 1.66. The molecule has 0 atom stereocenters. The summed E-state index contributed by atoms with van der Waals surface area (Å²) in [5.41, 5.74) is 8.30. The molecular formula is C14H10N2OS. The van der Waals surface area contributed by atoms with Crippen molar-refractivity contribution in [3.8, 4) is 16.7 Å². The lowest BCUT2D eigenvalue weighted by Gasteiger charge is -1.89. The average Bonchev–Trinajstić information content (AvgIpc) is 2.91. The second kappa shape index (κ2) is 3.90. The van der Waals surface area contributed by atoms with Crippen LogP contribution in [0.15, 0.2) is 34.7 Å². The van der Waals surface area contributed by atoms with Crippen molar-refractivity contribution in [3.63, 3.8) is 0 Å². The van der Waals surface area contributed by atoms with Gasteiger partial charge in [-0.3, -0.25) is 0 Å². The second-order valence-corrected chi connectivity index (χ2v) is 5.21. The van der Waals surface area contributed by atoms with Gasteiger partial charge >= 0.3 is 0 Å². The van der Waals surface area contributed by atoms with E-state index < -0.39 is 0 Å². The Morgan fingerprint density at radius 1 is 1.28 bits per heavy atom. The zero-order valence-electron chi connectivity index (χ0n) is 9.73. The topological polar surface area (TPSA) is 62.9 Å². The van der Waals surface area contributed by atoms with E-state index in [0.29, 0.717) is 10.6 Å². The van der Waals surface area contributed by atoms with Crippen molar-refractivity contribution >= 4 is 28.0 Å². The first kappa shape index (κ1) is 10.9. The molecule has 0 fully saturated rings.